The molecule has 1 saturated heterocycles. The number of guanidine groups is 1. The third-order valence-electron chi connectivity index (χ3n) is 5.88. The first-order valence-electron chi connectivity index (χ1n) is 10.2. The Morgan fingerprint density at radius 3 is 2.67 bits per heavy atom. The van der Waals surface area contributed by atoms with Gasteiger partial charge in [-0.2, -0.15) is 0 Å². The lowest BCUT2D eigenvalue weighted by Gasteiger charge is -2.52. The number of aliphatic imine (C=N–C) groups is 1. The highest BCUT2D eigenvalue weighted by Gasteiger charge is 2.49. The number of nitrogens with one attached hydrogen (secondary N) is 1. The second-order valence-corrected chi connectivity index (χ2v) is 8.18. The Morgan fingerprint density at radius 2 is 2.04 bits per heavy atom. The molecule has 3 unspecified atom stereocenters. The molecule has 3 atom stereocenters. The molecule has 0 radical (unpaired) electrons. The van der Waals surface area contributed by atoms with Gasteiger partial charge in [0, 0.05) is 51.2 Å². The Labute approximate surface area is 182 Å². The normalized spacial score (nSPS) is 27.2. The molecule has 160 valence electrons. The van der Waals surface area contributed by atoms with Crippen molar-refractivity contribution in [2.45, 2.75) is 58.6 Å². The lowest BCUT2D eigenvalue weighted by Crippen LogP contribution is -2.63. The minimum atomic E-state index is 0. The molecule has 0 aromatic heterocycles. The standard InChI is InChI=1S/C20H39N3O3.HI/c1-6-7-10-26-18-13-17(20(18,2)3)22-19(21-4)23-9-8-16(14-23)15-25-12-11-24-5;/h16-18H,6-15H2,1-5H3,(H,21,22);1H. The number of ether oxygens (including phenoxy) is 3. The van der Waals surface area contributed by atoms with E-state index >= 15 is 0 Å². The Bertz CT molecular complexity index is 448. The Balaban J connectivity index is 0.00000364. The van der Waals surface area contributed by atoms with Crippen LogP contribution in [0.2, 0.25) is 0 Å². The Kier molecular flexibility index (Phi) is 11.5. The summed E-state index contributed by atoms with van der Waals surface area (Å²) >= 11 is 0. The van der Waals surface area contributed by atoms with Crippen LogP contribution in [0.15, 0.2) is 4.99 Å². The summed E-state index contributed by atoms with van der Waals surface area (Å²) < 4.78 is 16.8. The maximum absolute atomic E-state index is 6.07. The van der Waals surface area contributed by atoms with Gasteiger partial charge in [0.1, 0.15) is 0 Å². The van der Waals surface area contributed by atoms with Crippen molar-refractivity contribution < 1.29 is 14.2 Å². The number of hydrogen-bond donors (Lipinski definition) is 1. The molecule has 2 rings (SSSR count). The van der Waals surface area contributed by atoms with Crippen LogP contribution in [0.25, 0.3) is 0 Å². The summed E-state index contributed by atoms with van der Waals surface area (Å²) in [6.07, 6.45) is 4.91. The number of unbranched alkanes of at least 4 members (excludes halogenated alkanes) is 1. The summed E-state index contributed by atoms with van der Waals surface area (Å²) in [7, 11) is 3.59. The average molecular weight is 497 g/mol. The maximum atomic E-state index is 6.07. The Hall–Kier alpha value is -0.120. The fraction of sp³-hybridized carbons (Fsp3) is 0.950. The Morgan fingerprint density at radius 1 is 1.26 bits per heavy atom. The first-order chi connectivity index (χ1) is 12.5. The largest absolute Gasteiger partial charge is 0.382 e. The van der Waals surface area contributed by atoms with Gasteiger partial charge in [0.15, 0.2) is 5.96 Å². The zero-order valence-electron chi connectivity index (χ0n) is 17.8. The fourth-order valence-corrected chi connectivity index (χ4v) is 3.79. The molecule has 0 bridgehead atoms. The molecule has 7 heteroatoms. The van der Waals surface area contributed by atoms with Gasteiger partial charge in [-0.15, -0.1) is 24.0 Å². The minimum Gasteiger partial charge on any atom is -0.382 e. The number of hydrogen-bond acceptors (Lipinski definition) is 4. The molecule has 6 nitrogen and oxygen atoms in total. The van der Waals surface area contributed by atoms with E-state index in [2.05, 4.69) is 36.0 Å². The third kappa shape index (κ3) is 7.01. The van der Waals surface area contributed by atoms with E-state index in [1.54, 1.807) is 7.11 Å². The summed E-state index contributed by atoms with van der Waals surface area (Å²) in [5.41, 5.74) is 0.145. The summed E-state index contributed by atoms with van der Waals surface area (Å²) in [6, 6.07) is 0.421. The van der Waals surface area contributed by atoms with Crippen molar-refractivity contribution in [2.24, 2.45) is 16.3 Å². The van der Waals surface area contributed by atoms with E-state index in [-0.39, 0.29) is 29.4 Å². The van der Waals surface area contributed by atoms with Crippen molar-refractivity contribution >= 4 is 29.9 Å². The van der Waals surface area contributed by atoms with Crippen molar-refractivity contribution in [3.05, 3.63) is 0 Å². The zero-order valence-corrected chi connectivity index (χ0v) is 20.2. The van der Waals surface area contributed by atoms with E-state index in [4.69, 9.17) is 14.2 Å². The molecule has 0 aromatic carbocycles. The van der Waals surface area contributed by atoms with Gasteiger partial charge in [0.2, 0.25) is 0 Å². The second-order valence-electron chi connectivity index (χ2n) is 8.18. The molecular weight excluding hydrogens is 457 g/mol. The van der Waals surface area contributed by atoms with Gasteiger partial charge < -0.3 is 24.4 Å². The molecule has 27 heavy (non-hydrogen) atoms. The highest BCUT2D eigenvalue weighted by molar-refractivity contribution is 14.0. The van der Waals surface area contributed by atoms with Crippen LogP contribution in [0.5, 0.6) is 0 Å². The van der Waals surface area contributed by atoms with E-state index in [9.17, 15) is 0 Å². The van der Waals surface area contributed by atoms with Crippen LogP contribution in [0, 0.1) is 11.3 Å². The van der Waals surface area contributed by atoms with E-state index in [0.29, 0.717) is 31.3 Å². The van der Waals surface area contributed by atoms with Gasteiger partial charge in [-0.1, -0.05) is 27.2 Å². The molecule has 1 aliphatic heterocycles. The molecule has 2 fully saturated rings. The van der Waals surface area contributed by atoms with Crippen LogP contribution in [0.4, 0.5) is 0 Å². The van der Waals surface area contributed by atoms with Crippen LogP contribution in [0.3, 0.4) is 0 Å². The van der Waals surface area contributed by atoms with E-state index in [0.717, 1.165) is 51.5 Å². The van der Waals surface area contributed by atoms with Crippen molar-refractivity contribution in [3.8, 4) is 0 Å². The second kappa shape index (κ2) is 12.4. The first-order valence-corrected chi connectivity index (χ1v) is 10.2. The molecule has 1 N–H and O–H groups in total. The van der Waals surface area contributed by atoms with Gasteiger partial charge in [0.05, 0.1) is 25.9 Å². The third-order valence-corrected chi connectivity index (χ3v) is 5.88. The molecule has 1 aliphatic carbocycles. The molecule has 1 saturated carbocycles. The van der Waals surface area contributed by atoms with Gasteiger partial charge in [-0.3, -0.25) is 4.99 Å². The van der Waals surface area contributed by atoms with Gasteiger partial charge in [-0.05, 0) is 19.3 Å². The molecular formula is C20H40IN3O3. The van der Waals surface area contributed by atoms with Gasteiger partial charge >= 0.3 is 0 Å². The van der Waals surface area contributed by atoms with Crippen LogP contribution < -0.4 is 5.32 Å². The van der Waals surface area contributed by atoms with Gasteiger partial charge in [-0.25, -0.2) is 0 Å². The number of nitrogens with zero attached hydrogens (tertiary/aromatic N) is 2. The fourth-order valence-electron chi connectivity index (χ4n) is 3.79. The number of halogens is 1. The predicted octanol–water partition coefficient (Wildman–Crippen LogP) is 3.15. The van der Waals surface area contributed by atoms with Crippen molar-refractivity contribution in [1.29, 1.82) is 0 Å². The van der Waals surface area contributed by atoms with Crippen molar-refractivity contribution in [2.75, 3.05) is 53.7 Å². The highest BCUT2D eigenvalue weighted by atomic mass is 127. The van der Waals surface area contributed by atoms with Crippen molar-refractivity contribution in [3.63, 3.8) is 0 Å². The zero-order chi connectivity index (χ0) is 19.0. The summed E-state index contributed by atoms with van der Waals surface area (Å²) in [5, 5.41) is 3.69. The first kappa shape index (κ1) is 24.9. The van der Waals surface area contributed by atoms with Crippen molar-refractivity contribution in [1.82, 2.24) is 10.2 Å². The number of methoxy groups -OCH3 is 1. The summed E-state index contributed by atoms with van der Waals surface area (Å²) in [6.45, 7) is 11.9. The molecule has 0 amide bonds. The molecule has 1 heterocycles. The summed E-state index contributed by atoms with van der Waals surface area (Å²) in [4.78, 5) is 6.90. The van der Waals surface area contributed by atoms with E-state index < -0.39 is 0 Å². The molecule has 0 spiro atoms. The monoisotopic (exact) mass is 497 g/mol. The molecule has 0 aromatic rings. The average Bonchev–Trinajstić information content (AvgIpc) is 3.09. The van der Waals surface area contributed by atoms with Crippen LogP contribution >= 0.6 is 24.0 Å². The highest BCUT2D eigenvalue weighted by Crippen LogP contribution is 2.43. The van der Waals surface area contributed by atoms with Crippen LogP contribution in [-0.4, -0.2) is 76.7 Å². The quantitative estimate of drug-likeness (QED) is 0.218. The number of likely N-dealkylation sites (tertiary alicyclic amines) is 1. The molecule has 2 aliphatic rings. The SMILES string of the molecule is CCCCOC1CC(NC(=NC)N2CCC(COCCOC)C2)C1(C)C.I. The topological polar surface area (TPSA) is 55.3 Å². The smallest absolute Gasteiger partial charge is 0.193 e. The van der Waals surface area contributed by atoms with E-state index in [1.807, 2.05) is 7.05 Å². The summed E-state index contributed by atoms with van der Waals surface area (Å²) in [5.74, 6) is 1.60. The number of rotatable bonds is 10. The minimum absolute atomic E-state index is 0. The van der Waals surface area contributed by atoms with Gasteiger partial charge in [0.25, 0.3) is 0 Å². The van der Waals surface area contributed by atoms with Crippen LogP contribution in [-0.2, 0) is 14.2 Å². The predicted molar refractivity (Wildman–Crippen MR) is 121 cm³/mol. The lowest BCUT2D eigenvalue weighted by atomic mass is 9.64. The van der Waals surface area contributed by atoms with Crippen LogP contribution in [0.1, 0.15) is 46.5 Å². The maximum Gasteiger partial charge on any atom is 0.193 e. The van der Waals surface area contributed by atoms with E-state index in [1.165, 1.54) is 6.42 Å². The lowest BCUT2D eigenvalue weighted by molar-refractivity contribution is -0.114.